The number of rotatable bonds is 25. The molecule has 0 rings (SSSR count). The lowest BCUT2D eigenvalue weighted by molar-refractivity contribution is -0.509. The second-order valence-electron chi connectivity index (χ2n) is 11.5. The predicted molar refractivity (Wildman–Crippen MR) is 150 cm³/mol. The van der Waals surface area contributed by atoms with Crippen LogP contribution in [0.2, 0.25) is 0 Å². The van der Waals surface area contributed by atoms with Gasteiger partial charge in [0.15, 0.2) is 0 Å². The monoisotopic (exact) mass is 534 g/mol. The van der Waals surface area contributed by atoms with Gasteiger partial charge in [0, 0.05) is 12.8 Å². The van der Waals surface area contributed by atoms with Gasteiger partial charge in [0.1, 0.15) is 0 Å². The van der Waals surface area contributed by atoms with Crippen molar-refractivity contribution in [2.75, 3.05) is 26.4 Å². The molecule has 3 atom stereocenters. The van der Waals surface area contributed by atoms with Crippen molar-refractivity contribution in [2.45, 2.75) is 164 Å². The Kier molecular flexibility index (Phi) is 20.4. The van der Waals surface area contributed by atoms with Gasteiger partial charge in [-0.2, -0.15) is 4.89 Å². The summed E-state index contributed by atoms with van der Waals surface area (Å²) in [6.45, 7) is 23.1. The molecule has 0 bridgehead atoms. The summed E-state index contributed by atoms with van der Waals surface area (Å²) in [5.74, 6) is -1.95. The van der Waals surface area contributed by atoms with E-state index in [0.717, 1.165) is 57.8 Å². The Morgan fingerprint density at radius 3 is 1.78 bits per heavy atom. The molecule has 0 aromatic heterocycles. The fourth-order valence-electron chi connectivity index (χ4n) is 3.55. The highest BCUT2D eigenvalue weighted by atomic mass is 17.3. The Morgan fingerprint density at radius 2 is 1.24 bits per heavy atom. The average molecular weight is 535 g/mol. The molecule has 7 nitrogen and oxygen atoms in total. The molecular formula is C30H62O7. The first-order valence-corrected chi connectivity index (χ1v) is 15.1. The van der Waals surface area contributed by atoms with E-state index in [1.807, 2.05) is 20.8 Å². The zero-order valence-corrected chi connectivity index (χ0v) is 26.1. The lowest BCUT2D eigenvalue weighted by Crippen LogP contribution is -2.47. The highest BCUT2D eigenvalue weighted by Gasteiger charge is 2.40. The maximum absolute atomic E-state index is 6.46. The average Bonchev–Trinajstić information content (AvgIpc) is 2.83. The lowest BCUT2D eigenvalue weighted by Gasteiger charge is -2.41. The highest BCUT2D eigenvalue weighted by Crippen LogP contribution is 2.33. The molecule has 0 spiro atoms. The van der Waals surface area contributed by atoms with Crippen LogP contribution in [0.25, 0.3) is 0 Å². The van der Waals surface area contributed by atoms with Crippen molar-refractivity contribution in [2.24, 2.45) is 5.92 Å². The van der Waals surface area contributed by atoms with Gasteiger partial charge in [-0.1, -0.05) is 60.8 Å². The first-order valence-electron chi connectivity index (χ1n) is 15.1. The van der Waals surface area contributed by atoms with Crippen LogP contribution in [-0.4, -0.2) is 50.1 Å². The van der Waals surface area contributed by atoms with Crippen molar-refractivity contribution >= 4 is 0 Å². The van der Waals surface area contributed by atoms with Gasteiger partial charge in [0.05, 0.1) is 38.1 Å². The van der Waals surface area contributed by atoms with E-state index >= 15 is 0 Å². The van der Waals surface area contributed by atoms with Crippen molar-refractivity contribution in [3.63, 3.8) is 0 Å². The second kappa shape index (κ2) is 20.6. The van der Waals surface area contributed by atoms with Crippen molar-refractivity contribution in [3.05, 3.63) is 0 Å². The zero-order valence-electron chi connectivity index (χ0n) is 26.1. The fraction of sp³-hybridized carbons (Fsp3) is 1.00. The number of unbranched alkanes of at least 4 members (excludes halogenated alkanes) is 4. The largest absolute Gasteiger partial charge is 0.327 e. The molecule has 0 radical (unpaired) electrons. The standard InChI is InChI=1S/C30H62O7/c1-11-15-19-24-34-37-29(31-22-13-3,32-23-16-12-2)20-17-18-21-30(33-25-26(5)6,35-27(7)14-4)36-28(8,9)10/h26-27H,11-25H2,1-10H3. The minimum atomic E-state index is -1.21. The summed E-state index contributed by atoms with van der Waals surface area (Å²) in [6.07, 6.45) is 9.61. The number of ether oxygens (including phenoxy) is 5. The number of hydrogen-bond acceptors (Lipinski definition) is 7. The molecular weight excluding hydrogens is 472 g/mol. The van der Waals surface area contributed by atoms with Gasteiger partial charge in [-0.05, 0) is 72.1 Å². The van der Waals surface area contributed by atoms with Gasteiger partial charge in [-0.25, -0.2) is 4.89 Å². The van der Waals surface area contributed by atoms with Crippen molar-refractivity contribution in [1.29, 1.82) is 0 Å². The molecule has 224 valence electrons. The second-order valence-corrected chi connectivity index (χ2v) is 11.5. The Morgan fingerprint density at radius 1 is 0.622 bits per heavy atom. The molecule has 0 heterocycles. The molecule has 0 aromatic carbocycles. The molecule has 0 amide bonds. The summed E-state index contributed by atoms with van der Waals surface area (Å²) in [5.41, 5.74) is -0.420. The predicted octanol–water partition coefficient (Wildman–Crippen LogP) is 8.54. The number of hydrogen-bond donors (Lipinski definition) is 0. The summed E-state index contributed by atoms with van der Waals surface area (Å²) in [7, 11) is 0. The van der Waals surface area contributed by atoms with Gasteiger partial charge in [-0.15, -0.1) is 0 Å². The fourth-order valence-corrected chi connectivity index (χ4v) is 3.55. The van der Waals surface area contributed by atoms with E-state index in [0.29, 0.717) is 45.2 Å². The first kappa shape index (κ1) is 36.7. The van der Waals surface area contributed by atoms with Crippen LogP contribution in [0.3, 0.4) is 0 Å². The summed E-state index contributed by atoms with van der Waals surface area (Å²) in [6, 6.07) is 0. The van der Waals surface area contributed by atoms with Crippen LogP contribution in [0.1, 0.15) is 140 Å². The first-order chi connectivity index (χ1) is 17.5. The molecule has 0 aliphatic heterocycles. The van der Waals surface area contributed by atoms with Crippen molar-refractivity contribution < 1.29 is 33.5 Å². The zero-order chi connectivity index (χ0) is 28.2. The highest BCUT2D eigenvalue weighted by molar-refractivity contribution is 4.71. The lowest BCUT2D eigenvalue weighted by atomic mass is 10.1. The van der Waals surface area contributed by atoms with E-state index in [1.165, 1.54) is 0 Å². The van der Waals surface area contributed by atoms with Crippen LogP contribution in [-0.2, 0) is 33.5 Å². The Balaban J connectivity index is 5.51. The Labute approximate surface area is 229 Å². The van der Waals surface area contributed by atoms with Gasteiger partial charge in [0.25, 0.3) is 5.97 Å². The van der Waals surface area contributed by atoms with Crippen molar-refractivity contribution in [1.82, 2.24) is 0 Å². The maximum atomic E-state index is 6.46. The smallest absolute Gasteiger partial charge is 0.312 e. The van der Waals surface area contributed by atoms with E-state index in [1.54, 1.807) is 0 Å². The summed E-state index contributed by atoms with van der Waals surface area (Å²) >= 11 is 0. The molecule has 0 fully saturated rings. The Hall–Kier alpha value is -0.280. The summed E-state index contributed by atoms with van der Waals surface area (Å²) in [5, 5.41) is 0. The van der Waals surface area contributed by atoms with Crippen LogP contribution < -0.4 is 0 Å². The van der Waals surface area contributed by atoms with Gasteiger partial charge < -0.3 is 23.7 Å². The van der Waals surface area contributed by atoms with E-state index in [-0.39, 0.29) is 6.10 Å². The van der Waals surface area contributed by atoms with E-state index in [2.05, 4.69) is 48.5 Å². The van der Waals surface area contributed by atoms with Gasteiger partial charge in [-0.3, -0.25) is 0 Å². The normalized spacial score (nSPS) is 16.6. The molecule has 0 N–H and O–H groups in total. The van der Waals surface area contributed by atoms with Crippen LogP contribution in [0, 0.1) is 5.92 Å². The van der Waals surface area contributed by atoms with Crippen LogP contribution in [0.15, 0.2) is 0 Å². The molecule has 0 aromatic rings. The van der Waals surface area contributed by atoms with E-state index < -0.39 is 17.5 Å². The molecule has 37 heavy (non-hydrogen) atoms. The van der Waals surface area contributed by atoms with Crippen LogP contribution in [0.5, 0.6) is 0 Å². The molecule has 7 heteroatoms. The molecule has 0 saturated carbocycles. The van der Waals surface area contributed by atoms with Gasteiger partial charge >= 0.3 is 5.97 Å². The topological polar surface area (TPSA) is 64.6 Å². The minimum Gasteiger partial charge on any atom is -0.327 e. The summed E-state index contributed by atoms with van der Waals surface area (Å²) in [4.78, 5) is 11.5. The van der Waals surface area contributed by atoms with E-state index in [9.17, 15) is 0 Å². The van der Waals surface area contributed by atoms with Crippen LogP contribution in [0.4, 0.5) is 0 Å². The van der Waals surface area contributed by atoms with Crippen molar-refractivity contribution in [3.8, 4) is 0 Å². The molecule has 0 aliphatic rings. The molecule has 0 aliphatic carbocycles. The summed E-state index contributed by atoms with van der Waals surface area (Å²) < 4.78 is 31.6. The van der Waals surface area contributed by atoms with E-state index in [4.69, 9.17) is 33.5 Å². The third-order valence-corrected chi connectivity index (χ3v) is 5.63. The Bertz CT molecular complexity index is 523. The third kappa shape index (κ3) is 18.6. The SMILES string of the molecule is CCCCCOOC(CCCCC(OCC(C)C)(OC(C)CC)OC(C)(C)C)(OCCC)OCCCC. The molecule has 3 unspecified atom stereocenters. The minimum absolute atomic E-state index is 0.0127. The maximum Gasteiger partial charge on any atom is 0.312 e. The van der Waals surface area contributed by atoms with Gasteiger partial charge in [0.2, 0.25) is 0 Å². The third-order valence-electron chi connectivity index (χ3n) is 5.63. The van der Waals surface area contributed by atoms with Crippen LogP contribution >= 0.6 is 0 Å². The quantitative estimate of drug-likeness (QED) is 0.0503. The molecule has 0 saturated heterocycles.